The van der Waals surface area contributed by atoms with Crippen LogP contribution in [0.15, 0.2) is 42.9 Å². The van der Waals surface area contributed by atoms with E-state index in [1.807, 2.05) is 0 Å². The van der Waals surface area contributed by atoms with E-state index in [1.54, 1.807) is 13.1 Å². The fourth-order valence-electron chi connectivity index (χ4n) is 4.21. The van der Waals surface area contributed by atoms with Crippen molar-refractivity contribution in [3.8, 4) is 0 Å². The van der Waals surface area contributed by atoms with Gasteiger partial charge in [-0.15, -0.1) is 5.10 Å². The molecule has 1 aliphatic heterocycles. The molecular weight excluding hydrogens is 530 g/mol. The van der Waals surface area contributed by atoms with E-state index in [0.717, 1.165) is 4.57 Å². The maximum Gasteiger partial charge on any atom is 0.330 e. The van der Waals surface area contributed by atoms with E-state index in [1.165, 1.54) is 33.5 Å². The number of aliphatic hydroxyl groups is 1. The number of hydrogen-bond acceptors (Lipinski definition) is 10. The molecule has 18 heteroatoms. The summed E-state index contributed by atoms with van der Waals surface area (Å²) in [4.78, 5) is 69.0. The molecule has 40 heavy (non-hydrogen) atoms. The highest BCUT2D eigenvalue weighted by atomic mass is 16.5. The molecule has 0 aromatic carbocycles. The maximum absolute atomic E-state index is 13.0. The minimum atomic E-state index is -0.933. The molecule has 1 aliphatic rings. The summed E-state index contributed by atoms with van der Waals surface area (Å²) in [6.07, 6.45) is 1.85. The van der Waals surface area contributed by atoms with Gasteiger partial charge in [0.15, 0.2) is 0 Å². The average Bonchev–Trinajstić information content (AvgIpc) is 3.50. The van der Waals surface area contributed by atoms with E-state index in [4.69, 9.17) is 10.3 Å². The van der Waals surface area contributed by atoms with Crippen molar-refractivity contribution in [2.24, 2.45) is 5.11 Å². The third kappa shape index (κ3) is 6.42. The molecule has 3 aromatic heterocycles. The van der Waals surface area contributed by atoms with Gasteiger partial charge in [0.1, 0.15) is 24.6 Å². The molecule has 1 amide bonds. The van der Waals surface area contributed by atoms with Gasteiger partial charge in [-0.2, -0.15) is 0 Å². The van der Waals surface area contributed by atoms with Gasteiger partial charge in [-0.3, -0.25) is 33.5 Å². The molecule has 0 saturated carbocycles. The second-order valence-electron chi connectivity index (χ2n) is 9.31. The molecule has 0 radical (unpaired) electrons. The summed E-state index contributed by atoms with van der Waals surface area (Å²) in [5, 5.41) is 22.1. The average molecular weight is 558 g/mol. The van der Waals surface area contributed by atoms with Crippen LogP contribution in [0.25, 0.3) is 10.4 Å². The van der Waals surface area contributed by atoms with Gasteiger partial charge in [-0.25, -0.2) is 14.3 Å². The van der Waals surface area contributed by atoms with E-state index < -0.39 is 46.8 Å². The van der Waals surface area contributed by atoms with E-state index in [9.17, 15) is 29.1 Å². The number of ether oxygens (including phenoxy) is 1. The van der Waals surface area contributed by atoms with Crippen LogP contribution in [-0.4, -0.2) is 75.3 Å². The zero-order chi connectivity index (χ0) is 29.0. The largest absolute Gasteiger partial charge is 0.390 e. The standard InChI is InChI=1S/C22H27N11O7/c1-12-6-31(21(38)25-19(12)36)11-17(35)30(4-3-24-28-23)8-14-9-32(29-27-14)10-16-15(34)5-18(40-16)33-7-13(2)20(37)26-22(33)39/h6-7,9,15-16,18,34H,3-5,8,10-11H2,1-2H3,(H,25,36,38)(H,26,37,39)/t15-,16+,18+/m0/s1. The Bertz CT molecular complexity index is 1680. The first-order valence-corrected chi connectivity index (χ1v) is 12.2. The Morgan fingerprint density at radius 2 is 1.88 bits per heavy atom. The summed E-state index contributed by atoms with van der Waals surface area (Å²) in [6.45, 7) is 2.75. The first-order valence-electron chi connectivity index (χ1n) is 12.2. The Morgan fingerprint density at radius 1 is 1.18 bits per heavy atom. The second-order valence-corrected chi connectivity index (χ2v) is 9.31. The lowest BCUT2D eigenvalue weighted by Gasteiger charge is -2.21. The summed E-state index contributed by atoms with van der Waals surface area (Å²) in [5.41, 5.74) is 7.13. The van der Waals surface area contributed by atoms with Crippen LogP contribution in [0.4, 0.5) is 0 Å². The molecule has 3 atom stereocenters. The summed E-state index contributed by atoms with van der Waals surface area (Å²) >= 11 is 0. The van der Waals surface area contributed by atoms with Gasteiger partial charge in [0, 0.05) is 47.9 Å². The molecule has 3 N–H and O–H groups in total. The molecule has 1 fully saturated rings. The highest BCUT2D eigenvalue weighted by Crippen LogP contribution is 2.28. The number of carbonyl (C=O) groups is 1. The van der Waals surface area contributed by atoms with Gasteiger partial charge >= 0.3 is 11.4 Å². The first kappa shape index (κ1) is 28.2. The van der Waals surface area contributed by atoms with Crippen molar-refractivity contribution >= 4 is 5.91 Å². The molecular formula is C22H27N11O7. The van der Waals surface area contributed by atoms with Crippen molar-refractivity contribution in [3.63, 3.8) is 0 Å². The Balaban J connectivity index is 1.44. The summed E-state index contributed by atoms with van der Waals surface area (Å²) in [5.74, 6) is -0.490. The van der Waals surface area contributed by atoms with Crippen molar-refractivity contribution in [1.82, 2.24) is 39.0 Å². The van der Waals surface area contributed by atoms with Crippen LogP contribution in [0.1, 0.15) is 29.5 Å². The molecule has 0 aliphatic carbocycles. The molecule has 1 saturated heterocycles. The number of aliphatic hydroxyl groups excluding tert-OH is 1. The Labute approximate surface area is 224 Å². The monoisotopic (exact) mass is 557 g/mol. The van der Waals surface area contributed by atoms with Gasteiger partial charge < -0.3 is 14.7 Å². The number of azide groups is 1. The van der Waals surface area contributed by atoms with E-state index in [2.05, 4.69) is 30.3 Å². The lowest BCUT2D eigenvalue weighted by atomic mass is 10.2. The van der Waals surface area contributed by atoms with Gasteiger partial charge in [0.2, 0.25) is 5.91 Å². The number of aromatic amines is 2. The molecule has 0 spiro atoms. The van der Waals surface area contributed by atoms with Gasteiger partial charge in [-0.1, -0.05) is 10.3 Å². The minimum absolute atomic E-state index is 0.0248. The van der Waals surface area contributed by atoms with E-state index in [0.29, 0.717) is 11.3 Å². The highest BCUT2D eigenvalue weighted by Gasteiger charge is 2.36. The van der Waals surface area contributed by atoms with Gasteiger partial charge in [0.05, 0.1) is 25.4 Å². The Hall–Kier alpha value is -4.80. The third-order valence-electron chi connectivity index (χ3n) is 6.35. The quantitative estimate of drug-likeness (QED) is 0.146. The summed E-state index contributed by atoms with van der Waals surface area (Å²) in [7, 11) is 0. The molecule has 3 aromatic rings. The van der Waals surface area contributed by atoms with E-state index >= 15 is 0 Å². The van der Waals surface area contributed by atoms with Crippen LogP contribution >= 0.6 is 0 Å². The van der Waals surface area contributed by atoms with Crippen molar-refractivity contribution in [1.29, 1.82) is 0 Å². The number of nitrogens with one attached hydrogen (secondary N) is 2. The van der Waals surface area contributed by atoms with Crippen molar-refractivity contribution in [3.05, 3.63) is 87.5 Å². The number of hydrogen-bond donors (Lipinski definition) is 3. The van der Waals surface area contributed by atoms with E-state index in [-0.39, 0.29) is 44.7 Å². The second kappa shape index (κ2) is 11.9. The number of nitrogens with zero attached hydrogens (tertiary/aromatic N) is 9. The number of carbonyl (C=O) groups excluding carboxylic acids is 1. The number of amides is 1. The smallest absolute Gasteiger partial charge is 0.330 e. The van der Waals surface area contributed by atoms with Crippen LogP contribution in [0.5, 0.6) is 0 Å². The zero-order valence-corrected chi connectivity index (χ0v) is 21.6. The molecule has 0 unspecified atom stereocenters. The van der Waals surface area contributed by atoms with Crippen molar-refractivity contribution in [2.45, 2.75) is 58.3 Å². The van der Waals surface area contributed by atoms with Gasteiger partial charge in [-0.05, 0) is 19.4 Å². The number of aryl methyl sites for hydroxylation is 2. The molecule has 4 heterocycles. The van der Waals surface area contributed by atoms with Crippen LogP contribution in [0.3, 0.4) is 0 Å². The van der Waals surface area contributed by atoms with Crippen molar-refractivity contribution < 1.29 is 14.6 Å². The fourth-order valence-corrected chi connectivity index (χ4v) is 4.21. The predicted molar refractivity (Wildman–Crippen MR) is 136 cm³/mol. The number of aromatic nitrogens is 7. The topological polar surface area (TPSA) is 239 Å². The minimum Gasteiger partial charge on any atom is -0.390 e. The predicted octanol–water partition coefficient (Wildman–Crippen LogP) is -1.72. The maximum atomic E-state index is 13.0. The van der Waals surface area contributed by atoms with Gasteiger partial charge in [0.25, 0.3) is 11.1 Å². The SMILES string of the molecule is Cc1cn(CC(=O)N(CCN=[N+]=[N-])Cc2cn(C[C@H]3O[C@@H](n4cc(C)c(=O)[nH]c4=O)C[C@@H]3O)nn2)c(=O)[nH]c1=O. The molecule has 0 bridgehead atoms. The van der Waals surface area contributed by atoms with Crippen LogP contribution in [-0.2, 0) is 29.2 Å². The summed E-state index contributed by atoms with van der Waals surface area (Å²) < 4.78 is 9.57. The third-order valence-corrected chi connectivity index (χ3v) is 6.35. The number of H-pyrrole nitrogens is 2. The molecule has 212 valence electrons. The first-order chi connectivity index (χ1) is 19.0. The molecule has 18 nitrogen and oxygen atoms in total. The van der Waals surface area contributed by atoms with Crippen molar-refractivity contribution in [2.75, 3.05) is 13.1 Å². The Kier molecular flexibility index (Phi) is 8.42. The lowest BCUT2D eigenvalue weighted by molar-refractivity contribution is -0.132. The number of rotatable bonds is 10. The highest BCUT2D eigenvalue weighted by molar-refractivity contribution is 5.76. The normalized spacial score (nSPS) is 18.4. The van der Waals surface area contributed by atoms with Crippen LogP contribution < -0.4 is 22.5 Å². The Morgan fingerprint density at radius 3 is 2.60 bits per heavy atom. The lowest BCUT2D eigenvalue weighted by Crippen LogP contribution is -2.39. The fraction of sp³-hybridized carbons (Fsp3) is 0.500. The molecule has 4 rings (SSSR count). The van der Waals surface area contributed by atoms with Crippen LogP contribution in [0.2, 0.25) is 0 Å². The zero-order valence-electron chi connectivity index (χ0n) is 21.6. The van der Waals surface area contributed by atoms with Crippen LogP contribution in [0, 0.1) is 13.8 Å². The summed E-state index contributed by atoms with van der Waals surface area (Å²) in [6, 6.07) is 0.